The Morgan fingerprint density at radius 2 is 1.97 bits per heavy atom. The van der Waals surface area contributed by atoms with Gasteiger partial charge in [0.15, 0.2) is 11.8 Å². The van der Waals surface area contributed by atoms with Crippen LogP contribution in [0.3, 0.4) is 0 Å². The molecule has 1 aromatic carbocycles. The van der Waals surface area contributed by atoms with Crippen LogP contribution in [0.1, 0.15) is 30.3 Å². The van der Waals surface area contributed by atoms with E-state index in [0.29, 0.717) is 17.3 Å². The zero-order valence-electron chi connectivity index (χ0n) is 17.9. The molecule has 9 heteroatoms. The first kappa shape index (κ1) is 21.7. The largest absolute Gasteiger partial charge is 0.453 e. The Kier molecular flexibility index (Phi) is 6.05. The lowest BCUT2D eigenvalue weighted by Crippen LogP contribution is -2.30. The van der Waals surface area contributed by atoms with E-state index in [2.05, 4.69) is 15.4 Å². The number of amides is 1. The van der Waals surface area contributed by atoms with Crippen molar-refractivity contribution in [3.05, 3.63) is 64.6 Å². The average Bonchev–Trinajstić information content (AvgIpc) is 3.14. The highest BCUT2D eigenvalue weighted by molar-refractivity contribution is 6.30. The molecule has 4 aromatic rings. The zero-order valence-corrected chi connectivity index (χ0v) is 18.7. The lowest BCUT2D eigenvalue weighted by Gasteiger charge is -2.14. The van der Waals surface area contributed by atoms with Crippen LogP contribution in [0, 0.1) is 13.8 Å². The van der Waals surface area contributed by atoms with Gasteiger partial charge in [-0.2, -0.15) is 5.10 Å². The molecule has 1 atom stereocenters. The van der Waals surface area contributed by atoms with Crippen molar-refractivity contribution in [1.29, 1.82) is 0 Å². The van der Waals surface area contributed by atoms with E-state index in [9.17, 15) is 9.59 Å². The maximum absolute atomic E-state index is 12.4. The molecule has 0 fully saturated rings. The topological polar surface area (TPSA) is 98.5 Å². The van der Waals surface area contributed by atoms with Crippen molar-refractivity contribution in [3.63, 3.8) is 0 Å². The number of ether oxygens (including phenoxy) is 1. The van der Waals surface area contributed by atoms with E-state index in [4.69, 9.17) is 21.3 Å². The minimum Gasteiger partial charge on any atom is -0.453 e. The number of esters is 1. The van der Waals surface area contributed by atoms with Gasteiger partial charge in [0, 0.05) is 29.4 Å². The first-order chi connectivity index (χ1) is 15.3. The molecular formula is C23H22ClN5O3. The third kappa shape index (κ3) is 4.40. The summed E-state index contributed by atoms with van der Waals surface area (Å²) >= 11 is 5.79. The number of carbonyl (C=O) groups is 2. The highest BCUT2D eigenvalue weighted by Gasteiger charge is 2.20. The molecule has 8 nitrogen and oxygen atoms in total. The van der Waals surface area contributed by atoms with E-state index < -0.39 is 18.0 Å². The molecule has 3 heterocycles. The van der Waals surface area contributed by atoms with E-state index in [1.165, 1.54) is 13.1 Å². The monoisotopic (exact) mass is 451 g/mol. The molecule has 0 aliphatic rings. The molecular weight excluding hydrogens is 430 g/mol. The summed E-state index contributed by atoms with van der Waals surface area (Å²) in [5.74, 6) is -0.604. The predicted octanol–water partition coefficient (Wildman–Crippen LogP) is 4.05. The number of fused-ring (bicyclic) bond motifs is 3. The summed E-state index contributed by atoms with van der Waals surface area (Å²) in [5, 5.41) is 8.67. The van der Waals surface area contributed by atoms with Crippen LogP contribution < -0.4 is 5.32 Å². The Morgan fingerprint density at radius 3 is 2.72 bits per heavy atom. The number of anilines is 1. The van der Waals surface area contributed by atoms with Gasteiger partial charge in [0.05, 0.1) is 10.5 Å². The Labute approximate surface area is 189 Å². The first-order valence-electron chi connectivity index (χ1n) is 10.2. The van der Waals surface area contributed by atoms with E-state index in [1.54, 1.807) is 12.1 Å². The highest BCUT2D eigenvalue weighted by atomic mass is 35.5. The summed E-state index contributed by atoms with van der Waals surface area (Å²) in [6.07, 6.45) is 1.01. The Hall–Kier alpha value is -3.52. The number of hydrogen-bond donors (Lipinski definition) is 1. The minimum absolute atomic E-state index is 0.118. The number of rotatable bonds is 6. The number of benzene rings is 1. The summed E-state index contributed by atoms with van der Waals surface area (Å²) in [4.78, 5) is 33.4. The average molecular weight is 452 g/mol. The molecule has 4 rings (SSSR count). The number of carbonyl (C=O) groups excluding carboxylic acids is 2. The summed E-state index contributed by atoms with van der Waals surface area (Å²) < 4.78 is 7.11. The van der Waals surface area contributed by atoms with Crippen LogP contribution in [-0.2, 0) is 20.7 Å². The predicted molar refractivity (Wildman–Crippen MR) is 122 cm³/mol. The van der Waals surface area contributed by atoms with Crippen molar-refractivity contribution in [3.8, 4) is 0 Å². The lowest BCUT2D eigenvalue weighted by atomic mass is 10.1. The van der Waals surface area contributed by atoms with Gasteiger partial charge < -0.3 is 10.1 Å². The molecule has 0 aliphatic carbocycles. The summed E-state index contributed by atoms with van der Waals surface area (Å²) in [5.41, 5.74) is 4.37. The van der Waals surface area contributed by atoms with Gasteiger partial charge in [0.25, 0.3) is 5.91 Å². The molecule has 0 bridgehead atoms. The Balaban J connectivity index is 1.41. The molecule has 1 amide bonds. The molecule has 3 aromatic heterocycles. The van der Waals surface area contributed by atoms with Crippen molar-refractivity contribution < 1.29 is 14.3 Å². The van der Waals surface area contributed by atoms with Crippen molar-refractivity contribution in [2.24, 2.45) is 0 Å². The first-order valence-corrected chi connectivity index (χ1v) is 10.6. The quantitative estimate of drug-likeness (QED) is 0.444. The van der Waals surface area contributed by atoms with Gasteiger partial charge in [0.2, 0.25) is 0 Å². The number of nitrogens with one attached hydrogen (secondary N) is 1. The lowest BCUT2D eigenvalue weighted by molar-refractivity contribution is -0.153. The third-order valence-corrected chi connectivity index (χ3v) is 5.48. The second-order valence-electron chi connectivity index (χ2n) is 7.50. The van der Waals surface area contributed by atoms with Crippen LogP contribution in [0.25, 0.3) is 16.6 Å². The van der Waals surface area contributed by atoms with Gasteiger partial charge in [-0.3, -0.25) is 9.59 Å². The second kappa shape index (κ2) is 8.92. The van der Waals surface area contributed by atoms with Crippen molar-refractivity contribution >= 4 is 45.8 Å². The number of hydrogen-bond acceptors (Lipinski definition) is 6. The molecule has 0 aliphatic heterocycles. The molecule has 1 unspecified atom stereocenters. The molecule has 164 valence electrons. The van der Waals surface area contributed by atoms with Gasteiger partial charge in [0.1, 0.15) is 5.82 Å². The second-order valence-corrected chi connectivity index (χ2v) is 7.93. The fourth-order valence-electron chi connectivity index (χ4n) is 3.55. The van der Waals surface area contributed by atoms with Crippen LogP contribution in [0.5, 0.6) is 0 Å². The third-order valence-electron chi connectivity index (χ3n) is 5.25. The maximum Gasteiger partial charge on any atom is 0.306 e. The van der Waals surface area contributed by atoms with Crippen molar-refractivity contribution in [2.75, 3.05) is 5.32 Å². The number of pyridine rings is 1. The molecule has 0 spiro atoms. The Bertz CT molecular complexity index is 1320. The zero-order chi connectivity index (χ0) is 22.8. The smallest absolute Gasteiger partial charge is 0.306 e. The summed E-state index contributed by atoms with van der Waals surface area (Å²) in [6, 6.07) is 11.0. The molecule has 0 saturated carbocycles. The van der Waals surface area contributed by atoms with Crippen LogP contribution in [0.15, 0.2) is 42.6 Å². The SMILES string of the molecule is Cc1nc2c3ccccc3nn2c(C)c1CCC(=O)OC(C)C(=O)Nc1ccc(Cl)cn1. The number of nitrogens with zero attached hydrogens (tertiary/aromatic N) is 4. The van der Waals surface area contributed by atoms with Crippen LogP contribution >= 0.6 is 11.6 Å². The highest BCUT2D eigenvalue weighted by Crippen LogP contribution is 2.23. The van der Waals surface area contributed by atoms with Crippen molar-refractivity contribution in [2.45, 2.75) is 39.7 Å². The normalized spacial score (nSPS) is 12.1. The molecule has 32 heavy (non-hydrogen) atoms. The van der Waals surface area contributed by atoms with Gasteiger partial charge in [-0.05, 0) is 57.0 Å². The standard InChI is InChI=1S/C23H22ClN5O3/c1-13-17(14(2)29-22(26-13)18-6-4-5-7-19(18)28-29)9-11-21(30)32-15(3)23(31)27-20-10-8-16(24)12-25-20/h4-8,10,12,15H,9,11H2,1-3H3,(H,25,27,31). The van der Waals surface area contributed by atoms with Gasteiger partial charge in [-0.25, -0.2) is 14.5 Å². The maximum atomic E-state index is 12.4. The number of halogens is 1. The van der Waals surface area contributed by atoms with E-state index in [0.717, 1.165) is 33.5 Å². The summed E-state index contributed by atoms with van der Waals surface area (Å²) in [6.45, 7) is 5.40. The van der Waals surface area contributed by atoms with Gasteiger partial charge >= 0.3 is 5.97 Å². The van der Waals surface area contributed by atoms with Crippen LogP contribution in [0.2, 0.25) is 5.02 Å². The van der Waals surface area contributed by atoms with Crippen LogP contribution in [-0.4, -0.2) is 37.6 Å². The summed E-state index contributed by atoms with van der Waals surface area (Å²) in [7, 11) is 0. The van der Waals surface area contributed by atoms with E-state index in [-0.39, 0.29) is 6.42 Å². The van der Waals surface area contributed by atoms with Gasteiger partial charge in [-0.1, -0.05) is 23.7 Å². The van der Waals surface area contributed by atoms with Crippen molar-refractivity contribution in [1.82, 2.24) is 19.6 Å². The van der Waals surface area contributed by atoms with E-state index >= 15 is 0 Å². The molecule has 0 saturated heterocycles. The fourth-order valence-corrected chi connectivity index (χ4v) is 3.66. The number of aromatic nitrogens is 4. The number of aryl methyl sites for hydroxylation is 2. The Morgan fingerprint density at radius 1 is 1.19 bits per heavy atom. The minimum atomic E-state index is -0.959. The fraction of sp³-hybridized carbons (Fsp3) is 0.261. The van der Waals surface area contributed by atoms with Gasteiger partial charge in [-0.15, -0.1) is 0 Å². The molecule has 1 N–H and O–H groups in total. The van der Waals surface area contributed by atoms with E-state index in [1.807, 2.05) is 42.6 Å². The van der Waals surface area contributed by atoms with Crippen LogP contribution in [0.4, 0.5) is 5.82 Å². The molecule has 0 radical (unpaired) electrons.